The fraction of sp³-hybridized carbons (Fsp3) is 0.0714. The van der Waals surface area contributed by atoms with Gasteiger partial charge in [0.2, 0.25) is 0 Å². The summed E-state index contributed by atoms with van der Waals surface area (Å²) in [6.07, 6.45) is 0.731. The fourth-order valence-electron chi connectivity index (χ4n) is 1.82. The van der Waals surface area contributed by atoms with E-state index in [1.807, 2.05) is 0 Å². The summed E-state index contributed by atoms with van der Waals surface area (Å²) in [4.78, 5) is 21.2. The van der Waals surface area contributed by atoms with Gasteiger partial charge in [0.15, 0.2) is 0 Å². The summed E-state index contributed by atoms with van der Waals surface area (Å²) in [7, 11) is 0. The van der Waals surface area contributed by atoms with Gasteiger partial charge in [-0.05, 0) is 23.3 Å². The van der Waals surface area contributed by atoms with Crippen molar-refractivity contribution in [2.45, 2.75) is 5.92 Å². The van der Waals surface area contributed by atoms with Crippen LogP contribution in [0.4, 0.5) is 10.1 Å². The highest BCUT2D eigenvalue weighted by Crippen LogP contribution is 2.24. The minimum Gasteiger partial charge on any atom is -0.302 e. The lowest BCUT2D eigenvalue weighted by atomic mass is 9.92. The van der Waals surface area contributed by atoms with E-state index < -0.39 is 10.8 Å². The first kappa shape index (κ1) is 12.9. The van der Waals surface area contributed by atoms with Gasteiger partial charge in [-0.3, -0.25) is 10.1 Å². The minimum absolute atomic E-state index is 0.0347. The van der Waals surface area contributed by atoms with Gasteiger partial charge < -0.3 is 4.79 Å². The Morgan fingerprint density at radius 3 is 1.89 bits per heavy atom. The number of nitro benzene ring substituents is 1. The third kappa shape index (κ3) is 2.82. The van der Waals surface area contributed by atoms with E-state index in [-0.39, 0.29) is 11.5 Å². The SMILES string of the molecule is O=C[C@H](c1ccc(F)cc1)c1ccc([N+](=O)[O-])cc1. The van der Waals surface area contributed by atoms with Gasteiger partial charge in [0, 0.05) is 12.1 Å². The predicted octanol–water partition coefficient (Wildman–Crippen LogP) is 3.06. The van der Waals surface area contributed by atoms with Crippen molar-refractivity contribution in [1.29, 1.82) is 0 Å². The van der Waals surface area contributed by atoms with E-state index in [4.69, 9.17) is 0 Å². The Bertz CT molecular complexity index is 593. The molecule has 0 radical (unpaired) electrons. The van der Waals surface area contributed by atoms with Crippen LogP contribution < -0.4 is 0 Å². The number of halogens is 1. The molecule has 0 aromatic heterocycles. The smallest absolute Gasteiger partial charge is 0.269 e. The Hall–Kier alpha value is -2.56. The third-order valence-corrected chi connectivity index (χ3v) is 2.83. The maximum atomic E-state index is 12.8. The minimum atomic E-state index is -0.554. The number of nitrogens with zero attached hydrogens (tertiary/aromatic N) is 1. The third-order valence-electron chi connectivity index (χ3n) is 2.83. The quantitative estimate of drug-likeness (QED) is 0.481. The highest BCUT2D eigenvalue weighted by molar-refractivity contribution is 5.68. The maximum absolute atomic E-state index is 12.8. The van der Waals surface area contributed by atoms with Gasteiger partial charge in [0.05, 0.1) is 10.8 Å². The monoisotopic (exact) mass is 259 g/mol. The fourth-order valence-corrected chi connectivity index (χ4v) is 1.82. The van der Waals surface area contributed by atoms with Gasteiger partial charge in [-0.1, -0.05) is 24.3 Å². The van der Waals surface area contributed by atoms with E-state index in [0.29, 0.717) is 11.1 Å². The van der Waals surface area contributed by atoms with Crippen LogP contribution in [-0.2, 0) is 4.79 Å². The molecule has 0 N–H and O–H groups in total. The summed E-state index contributed by atoms with van der Waals surface area (Å²) in [5, 5.41) is 10.6. The molecule has 96 valence electrons. The lowest BCUT2D eigenvalue weighted by Crippen LogP contribution is -2.02. The molecule has 0 bridgehead atoms. The van der Waals surface area contributed by atoms with Crippen molar-refractivity contribution >= 4 is 12.0 Å². The molecular formula is C14H10FNO3. The molecule has 5 heteroatoms. The first-order valence-electron chi connectivity index (χ1n) is 5.57. The zero-order valence-corrected chi connectivity index (χ0v) is 9.82. The summed E-state index contributed by atoms with van der Waals surface area (Å²) >= 11 is 0. The summed E-state index contributed by atoms with van der Waals surface area (Å²) in [5.74, 6) is -0.932. The molecule has 0 unspecified atom stereocenters. The average Bonchev–Trinajstić information content (AvgIpc) is 2.42. The van der Waals surface area contributed by atoms with Gasteiger partial charge in [-0.2, -0.15) is 0 Å². The van der Waals surface area contributed by atoms with E-state index >= 15 is 0 Å². The average molecular weight is 259 g/mol. The largest absolute Gasteiger partial charge is 0.302 e. The molecule has 2 aromatic carbocycles. The van der Waals surface area contributed by atoms with Crippen LogP contribution in [0.5, 0.6) is 0 Å². The summed E-state index contributed by atoms with van der Waals surface area (Å²) in [5.41, 5.74) is 1.24. The van der Waals surface area contributed by atoms with Crippen LogP contribution in [0.25, 0.3) is 0 Å². The van der Waals surface area contributed by atoms with Crippen molar-refractivity contribution < 1.29 is 14.1 Å². The van der Waals surface area contributed by atoms with Crippen LogP contribution in [0.1, 0.15) is 17.0 Å². The van der Waals surface area contributed by atoms with E-state index in [1.54, 1.807) is 0 Å². The number of carbonyl (C=O) groups excluding carboxylic acids is 1. The Kier molecular flexibility index (Phi) is 3.66. The molecule has 0 saturated carbocycles. The van der Waals surface area contributed by atoms with E-state index in [0.717, 1.165) is 6.29 Å². The van der Waals surface area contributed by atoms with Gasteiger partial charge in [-0.25, -0.2) is 4.39 Å². The van der Waals surface area contributed by atoms with Crippen LogP contribution in [0.15, 0.2) is 48.5 Å². The van der Waals surface area contributed by atoms with E-state index in [1.165, 1.54) is 48.5 Å². The number of hydrogen-bond acceptors (Lipinski definition) is 3. The van der Waals surface area contributed by atoms with Crippen LogP contribution in [0.3, 0.4) is 0 Å². The molecule has 0 saturated heterocycles. The molecule has 0 spiro atoms. The van der Waals surface area contributed by atoms with Gasteiger partial charge in [-0.15, -0.1) is 0 Å². The van der Waals surface area contributed by atoms with Crippen molar-refractivity contribution in [3.8, 4) is 0 Å². The summed E-state index contributed by atoms with van der Waals surface area (Å²) < 4.78 is 12.8. The Balaban J connectivity index is 2.34. The molecule has 1 atom stereocenters. The predicted molar refractivity (Wildman–Crippen MR) is 67.4 cm³/mol. The molecule has 2 rings (SSSR count). The topological polar surface area (TPSA) is 60.2 Å². The van der Waals surface area contributed by atoms with E-state index in [2.05, 4.69) is 0 Å². The molecule has 0 aliphatic rings. The number of aldehydes is 1. The number of rotatable bonds is 4. The molecule has 0 aliphatic carbocycles. The molecule has 0 heterocycles. The second-order valence-electron chi connectivity index (χ2n) is 4.01. The Morgan fingerprint density at radius 2 is 1.47 bits per heavy atom. The number of carbonyl (C=O) groups is 1. The van der Waals surface area contributed by atoms with Crippen molar-refractivity contribution in [3.05, 3.63) is 75.6 Å². The zero-order chi connectivity index (χ0) is 13.8. The lowest BCUT2D eigenvalue weighted by Gasteiger charge is -2.10. The van der Waals surface area contributed by atoms with E-state index in [9.17, 15) is 19.3 Å². The van der Waals surface area contributed by atoms with Crippen LogP contribution in [-0.4, -0.2) is 11.2 Å². The molecule has 0 aliphatic heterocycles. The van der Waals surface area contributed by atoms with Gasteiger partial charge in [0.25, 0.3) is 5.69 Å². The van der Waals surface area contributed by atoms with Crippen LogP contribution >= 0.6 is 0 Å². The van der Waals surface area contributed by atoms with Gasteiger partial charge in [0.1, 0.15) is 12.1 Å². The lowest BCUT2D eigenvalue weighted by molar-refractivity contribution is -0.384. The number of benzene rings is 2. The Morgan fingerprint density at radius 1 is 1.00 bits per heavy atom. The first-order valence-corrected chi connectivity index (χ1v) is 5.57. The summed E-state index contributed by atoms with van der Waals surface area (Å²) in [6, 6.07) is 11.3. The van der Waals surface area contributed by atoms with Crippen molar-refractivity contribution in [2.75, 3.05) is 0 Å². The van der Waals surface area contributed by atoms with Crippen molar-refractivity contribution in [1.82, 2.24) is 0 Å². The molecule has 2 aromatic rings. The van der Waals surface area contributed by atoms with Crippen LogP contribution in [0.2, 0.25) is 0 Å². The van der Waals surface area contributed by atoms with Gasteiger partial charge >= 0.3 is 0 Å². The second-order valence-corrected chi connectivity index (χ2v) is 4.01. The molecule has 19 heavy (non-hydrogen) atoms. The van der Waals surface area contributed by atoms with Crippen molar-refractivity contribution in [2.24, 2.45) is 0 Å². The number of non-ortho nitro benzene ring substituents is 1. The second kappa shape index (κ2) is 5.39. The standard InChI is InChI=1S/C14H10FNO3/c15-12-5-1-10(2-6-12)14(9-17)11-3-7-13(8-4-11)16(18)19/h1-9,14H/t14-/m1/s1. The summed E-state index contributed by atoms with van der Waals surface area (Å²) in [6.45, 7) is 0. The zero-order valence-electron chi connectivity index (χ0n) is 9.82. The van der Waals surface area contributed by atoms with Crippen molar-refractivity contribution in [3.63, 3.8) is 0 Å². The highest BCUT2D eigenvalue weighted by atomic mass is 19.1. The van der Waals surface area contributed by atoms with Crippen LogP contribution in [0, 0.1) is 15.9 Å². The normalized spacial score (nSPS) is 11.8. The molecule has 0 fully saturated rings. The molecule has 0 amide bonds. The maximum Gasteiger partial charge on any atom is 0.269 e. The Labute approximate surface area is 108 Å². The number of nitro groups is 1. The molecular weight excluding hydrogens is 249 g/mol. The molecule has 4 nitrogen and oxygen atoms in total. The highest BCUT2D eigenvalue weighted by Gasteiger charge is 2.14. The number of hydrogen-bond donors (Lipinski definition) is 0. The first-order chi connectivity index (χ1) is 9.11.